The van der Waals surface area contributed by atoms with Crippen LogP contribution in [-0.4, -0.2) is 26.5 Å². The van der Waals surface area contributed by atoms with Gasteiger partial charge in [0.2, 0.25) is 5.91 Å². The number of fused-ring (bicyclic) bond motifs is 1. The molecule has 1 atom stereocenters. The van der Waals surface area contributed by atoms with Gasteiger partial charge < -0.3 is 15.0 Å². The molecule has 1 aromatic heterocycles. The lowest BCUT2D eigenvalue weighted by Gasteiger charge is -2.08. The number of imidazole rings is 1. The van der Waals surface area contributed by atoms with E-state index >= 15 is 0 Å². The lowest BCUT2D eigenvalue weighted by atomic mass is 10.2. The Morgan fingerprint density at radius 3 is 2.75 bits per heavy atom. The number of para-hydroxylation sites is 1. The number of hydrogen-bond acceptors (Lipinski definition) is 3. The summed E-state index contributed by atoms with van der Waals surface area (Å²) in [7, 11) is 1.88. The van der Waals surface area contributed by atoms with Gasteiger partial charge in [-0.15, -0.1) is 0 Å². The third kappa shape index (κ3) is 2.49. The number of nitrogens with one attached hydrogen (secondary N) is 1. The monoisotopic (exact) mass is 275 g/mol. The first-order valence-electron chi connectivity index (χ1n) is 6.33. The second-order valence-corrected chi connectivity index (χ2v) is 4.81. The van der Waals surface area contributed by atoms with Crippen LogP contribution in [0.1, 0.15) is 18.3 Å². The quantitative estimate of drug-likeness (QED) is 0.822. The molecular formula is C14H17N3O3. The Bertz CT molecular complexity index is 676. The maximum atomic E-state index is 11.6. The molecule has 1 heterocycles. The van der Waals surface area contributed by atoms with E-state index in [0.717, 1.165) is 16.6 Å². The van der Waals surface area contributed by atoms with Crippen LogP contribution in [0.3, 0.4) is 0 Å². The predicted octanol–water partition coefficient (Wildman–Crippen LogP) is 1.22. The van der Waals surface area contributed by atoms with Gasteiger partial charge in [-0.1, -0.05) is 12.1 Å². The van der Waals surface area contributed by atoms with E-state index in [1.54, 1.807) is 0 Å². The number of nitrogens with zero attached hydrogens (tertiary/aromatic N) is 2. The Labute approximate surface area is 116 Å². The van der Waals surface area contributed by atoms with Gasteiger partial charge >= 0.3 is 5.97 Å². The van der Waals surface area contributed by atoms with E-state index < -0.39 is 17.8 Å². The van der Waals surface area contributed by atoms with Crippen LogP contribution in [0.2, 0.25) is 0 Å². The highest BCUT2D eigenvalue weighted by atomic mass is 16.4. The summed E-state index contributed by atoms with van der Waals surface area (Å²) in [6.45, 7) is 3.57. The van der Waals surface area contributed by atoms with Crippen LogP contribution < -0.4 is 5.32 Å². The van der Waals surface area contributed by atoms with E-state index in [9.17, 15) is 9.59 Å². The molecule has 106 valence electrons. The summed E-state index contributed by atoms with van der Waals surface area (Å²) in [6, 6.07) is 5.84. The number of aryl methyl sites for hydroxylation is 2. The fourth-order valence-corrected chi connectivity index (χ4v) is 2.10. The first-order valence-corrected chi connectivity index (χ1v) is 6.33. The van der Waals surface area contributed by atoms with Crippen LogP contribution in [0.4, 0.5) is 0 Å². The van der Waals surface area contributed by atoms with Gasteiger partial charge in [0.1, 0.15) is 11.7 Å². The smallest absolute Gasteiger partial charge is 0.315 e. The molecule has 0 aliphatic carbocycles. The Kier molecular flexibility index (Phi) is 3.74. The van der Waals surface area contributed by atoms with Crippen molar-refractivity contribution in [1.29, 1.82) is 0 Å². The molecule has 6 nitrogen and oxygen atoms in total. The zero-order chi connectivity index (χ0) is 14.9. The molecule has 0 fully saturated rings. The number of hydrogen-bond donors (Lipinski definition) is 2. The summed E-state index contributed by atoms with van der Waals surface area (Å²) in [5.41, 5.74) is 2.99. The summed E-state index contributed by atoms with van der Waals surface area (Å²) in [5, 5.41) is 11.4. The van der Waals surface area contributed by atoms with Crippen molar-refractivity contribution >= 4 is 22.9 Å². The average Bonchev–Trinajstić information content (AvgIpc) is 2.73. The largest absolute Gasteiger partial charge is 0.481 e. The maximum Gasteiger partial charge on any atom is 0.315 e. The van der Waals surface area contributed by atoms with E-state index in [4.69, 9.17) is 5.11 Å². The zero-order valence-corrected chi connectivity index (χ0v) is 11.7. The van der Waals surface area contributed by atoms with Gasteiger partial charge in [-0.2, -0.15) is 0 Å². The number of benzene rings is 1. The molecule has 0 aliphatic rings. The second kappa shape index (κ2) is 5.32. The third-order valence-corrected chi connectivity index (χ3v) is 3.37. The third-order valence-electron chi connectivity index (χ3n) is 3.37. The number of carboxylic acid groups (broad SMARTS) is 1. The number of aliphatic carboxylic acids is 1. The van der Waals surface area contributed by atoms with Gasteiger partial charge in [0.05, 0.1) is 17.6 Å². The van der Waals surface area contributed by atoms with Crippen molar-refractivity contribution in [3.63, 3.8) is 0 Å². The lowest BCUT2D eigenvalue weighted by molar-refractivity contribution is -0.146. The molecule has 0 spiro atoms. The van der Waals surface area contributed by atoms with Crippen molar-refractivity contribution in [1.82, 2.24) is 14.9 Å². The second-order valence-electron chi connectivity index (χ2n) is 4.81. The molecule has 0 bridgehead atoms. The van der Waals surface area contributed by atoms with Gasteiger partial charge in [-0.25, -0.2) is 4.98 Å². The molecule has 20 heavy (non-hydrogen) atoms. The number of rotatable bonds is 4. The van der Waals surface area contributed by atoms with E-state index in [0.29, 0.717) is 5.82 Å². The van der Waals surface area contributed by atoms with Crippen LogP contribution in [0.25, 0.3) is 11.0 Å². The Hall–Kier alpha value is -2.37. The molecule has 1 amide bonds. The highest BCUT2D eigenvalue weighted by Gasteiger charge is 2.20. The van der Waals surface area contributed by atoms with Gasteiger partial charge in [0, 0.05) is 7.05 Å². The van der Waals surface area contributed by atoms with Gasteiger partial charge in [-0.3, -0.25) is 9.59 Å². The minimum atomic E-state index is -1.14. The Morgan fingerprint density at radius 2 is 2.15 bits per heavy atom. The average molecular weight is 275 g/mol. The number of amides is 1. The summed E-state index contributed by atoms with van der Waals surface area (Å²) >= 11 is 0. The van der Waals surface area contributed by atoms with Crippen LogP contribution in [0.5, 0.6) is 0 Å². The molecule has 0 aliphatic heterocycles. The number of aromatic nitrogens is 2. The SMILES string of the molecule is Cc1cccc2nc(CNC(=O)C(C)C(=O)O)n(C)c12. The highest BCUT2D eigenvalue weighted by Crippen LogP contribution is 2.18. The molecule has 1 unspecified atom stereocenters. The normalized spacial score (nSPS) is 12.3. The maximum absolute atomic E-state index is 11.6. The molecule has 2 aromatic rings. The Balaban J connectivity index is 2.19. The Morgan fingerprint density at radius 1 is 1.45 bits per heavy atom. The van der Waals surface area contributed by atoms with Crippen LogP contribution in [0, 0.1) is 12.8 Å². The first-order chi connectivity index (χ1) is 9.41. The molecule has 6 heteroatoms. The van der Waals surface area contributed by atoms with Gasteiger partial charge in [0.25, 0.3) is 0 Å². The molecule has 2 rings (SSSR count). The van der Waals surface area contributed by atoms with Crippen molar-refractivity contribution in [2.24, 2.45) is 13.0 Å². The van der Waals surface area contributed by atoms with Crippen molar-refractivity contribution < 1.29 is 14.7 Å². The van der Waals surface area contributed by atoms with Crippen LogP contribution in [-0.2, 0) is 23.2 Å². The summed E-state index contributed by atoms with van der Waals surface area (Å²) in [5.74, 6) is -2.02. The summed E-state index contributed by atoms with van der Waals surface area (Å²) in [4.78, 5) is 26.8. The molecule has 1 aromatic carbocycles. The van der Waals surface area contributed by atoms with Crippen LogP contribution >= 0.6 is 0 Å². The molecule has 2 N–H and O–H groups in total. The topological polar surface area (TPSA) is 84.2 Å². The van der Waals surface area contributed by atoms with Crippen molar-refractivity contribution in [2.45, 2.75) is 20.4 Å². The van der Waals surface area contributed by atoms with E-state index in [-0.39, 0.29) is 6.54 Å². The van der Waals surface area contributed by atoms with Crippen molar-refractivity contribution in [3.8, 4) is 0 Å². The minimum absolute atomic E-state index is 0.209. The highest BCUT2D eigenvalue weighted by molar-refractivity contribution is 5.96. The van der Waals surface area contributed by atoms with Gasteiger partial charge in [0.15, 0.2) is 0 Å². The van der Waals surface area contributed by atoms with Crippen LogP contribution in [0.15, 0.2) is 18.2 Å². The summed E-state index contributed by atoms with van der Waals surface area (Å²) < 4.78 is 1.91. The van der Waals surface area contributed by atoms with Gasteiger partial charge in [-0.05, 0) is 25.5 Å². The lowest BCUT2D eigenvalue weighted by Crippen LogP contribution is -2.33. The molecular weight excluding hydrogens is 258 g/mol. The zero-order valence-electron chi connectivity index (χ0n) is 11.7. The van der Waals surface area contributed by atoms with Crippen molar-refractivity contribution in [3.05, 3.63) is 29.6 Å². The fourth-order valence-electron chi connectivity index (χ4n) is 2.10. The molecule has 0 saturated heterocycles. The molecule has 0 radical (unpaired) electrons. The van der Waals surface area contributed by atoms with E-state index in [2.05, 4.69) is 10.3 Å². The van der Waals surface area contributed by atoms with Crippen molar-refractivity contribution in [2.75, 3.05) is 0 Å². The van der Waals surface area contributed by atoms with E-state index in [1.807, 2.05) is 36.7 Å². The first kappa shape index (κ1) is 14.0. The van der Waals surface area contributed by atoms with E-state index in [1.165, 1.54) is 6.92 Å². The number of carbonyl (C=O) groups is 2. The number of carbonyl (C=O) groups excluding carboxylic acids is 1. The number of carboxylic acids is 1. The standard InChI is InChI=1S/C14H17N3O3/c1-8-5-4-6-10-12(8)17(3)11(16-10)7-15-13(18)9(2)14(19)20/h4-6,9H,7H2,1-3H3,(H,15,18)(H,19,20). The fraction of sp³-hybridized carbons (Fsp3) is 0.357. The molecule has 0 saturated carbocycles. The summed E-state index contributed by atoms with van der Waals surface area (Å²) in [6.07, 6.45) is 0. The predicted molar refractivity (Wildman–Crippen MR) is 74.1 cm³/mol. The minimum Gasteiger partial charge on any atom is -0.481 e.